The second kappa shape index (κ2) is 4.05. The molecule has 0 aromatic heterocycles. The lowest BCUT2D eigenvalue weighted by Crippen LogP contribution is -2.56. The van der Waals surface area contributed by atoms with Crippen LogP contribution in [0.4, 0.5) is 0 Å². The van der Waals surface area contributed by atoms with Crippen LogP contribution in [-0.4, -0.2) is 22.6 Å². The van der Waals surface area contributed by atoms with Gasteiger partial charge in [0.25, 0.3) is 0 Å². The molecular formula is C12H21NS. The van der Waals surface area contributed by atoms with Gasteiger partial charge in [0, 0.05) is 22.6 Å². The zero-order valence-corrected chi connectivity index (χ0v) is 9.69. The third-order valence-corrected chi connectivity index (χ3v) is 6.01. The molecule has 3 aliphatic rings. The molecule has 2 saturated carbocycles. The van der Waals surface area contributed by atoms with Gasteiger partial charge in [0.1, 0.15) is 0 Å². The molecule has 0 aromatic carbocycles. The van der Waals surface area contributed by atoms with Gasteiger partial charge >= 0.3 is 0 Å². The van der Waals surface area contributed by atoms with Gasteiger partial charge < -0.3 is 5.32 Å². The zero-order chi connectivity index (χ0) is 9.38. The van der Waals surface area contributed by atoms with Gasteiger partial charge in [-0.1, -0.05) is 25.7 Å². The average molecular weight is 211 g/mol. The van der Waals surface area contributed by atoms with Gasteiger partial charge in [-0.05, 0) is 25.7 Å². The molecule has 1 heterocycles. The van der Waals surface area contributed by atoms with E-state index in [4.69, 9.17) is 0 Å². The molecule has 1 nitrogen and oxygen atoms in total. The van der Waals surface area contributed by atoms with Crippen molar-refractivity contribution >= 4 is 11.8 Å². The van der Waals surface area contributed by atoms with Crippen LogP contribution in [0.25, 0.3) is 0 Å². The third-order valence-electron chi connectivity index (χ3n) is 4.18. The van der Waals surface area contributed by atoms with Crippen LogP contribution in [0.2, 0.25) is 0 Å². The Morgan fingerprint density at radius 1 is 0.714 bits per heavy atom. The first-order chi connectivity index (χ1) is 6.93. The van der Waals surface area contributed by atoms with Gasteiger partial charge in [0.15, 0.2) is 0 Å². The summed E-state index contributed by atoms with van der Waals surface area (Å²) in [5.74, 6) is 0. The molecule has 1 saturated heterocycles. The van der Waals surface area contributed by atoms with Crippen molar-refractivity contribution in [3.8, 4) is 0 Å². The summed E-state index contributed by atoms with van der Waals surface area (Å²) in [5.41, 5.74) is 0. The van der Waals surface area contributed by atoms with Crippen LogP contribution in [0, 0.1) is 0 Å². The van der Waals surface area contributed by atoms with Crippen LogP contribution in [0.3, 0.4) is 0 Å². The van der Waals surface area contributed by atoms with Gasteiger partial charge in [0.05, 0.1) is 0 Å². The molecule has 3 fully saturated rings. The molecule has 14 heavy (non-hydrogen) atoms. The Labute approximate surface area is 91.4 Å². The highest BCUT2D eigenvalue weighted by atomic mass is 32.2. The Kier molecular flexibility index (Phi) is 2.76. The van der Waals surface area contributed by atoms with Crippen LogP contribution in [0.1, 0.15) is 51.4 Å². The van der Waals surface area contributed by atoms with E-state index in [1.54, 1.807) is 0 Å². The van der Waals surface area contributed by atoms with E-state index < -0.39 is 0 Å². The average Bonchev–Trinajstić information content (AvgIpc) is 2.26. The van der Waals surface area contributed by atoms with Gasteiger partial charge in [-0.2, -0.15) is 11.8 Å². The maximum atomic E-state index is 3.94. The normalized spacial score (nSPS) is 48.0. The molecule has 2 aliphatic carbocycles. The van der Waals surface area contributed by atoms with Crippen LogP contribution in [-0.2, 0) is 0 Å². The van der Waals surface area contributed by atoms with Crippen molar-refractivity contribution in [3.63, 3.8) is 0 Å². The highest BCUT2D eigenvalue weighted by Crippen LogP contribution is 2.41. The van der Waals surface area contributed by atoms with E-state index in [-0.39, 0.29) is 0 Å². The Morgan fingerprint density at radius 2 is 1.21 bits per heavy atom. The summed E-state index contributed by atoms with van der Waals surface area (Å²) < 4.78 is 0. The Hall–Kier alpha value is 0.310. The van der Waals surface area contributed by atoms with Gasteiger partial charge in [-0.3, -0.25) is 0 Å². The van der Waals surface area contributed by atoms with E-state index in [0.29, 0.717) is 0 Å². The van der Waals surface area contributed by atoms with E-state index in [1.165, 1.54) is 51.4 Å². The number of rotatable bonds is 0. The fourth-order valence-corrected chi connectivity index (χ4v) is 5.26. The van der Waals surface area contributed by atoms with Crippen LogP contribution in [0.5, 0.6) is 0 Å². The number of nitrogens with one attached hydrogen (secondary N) is 1. The molecular weight excluding hydrogens is 190 g/mol. The predicted octanol–water partition coefficient (Wildman–Crippen LogP) is 2.95. The number of hydrogen-bond donors (Lipinski definition) is 1. The Balaban J connectivity index is 1.68. The summed E-state index contributed by atoms with van der Waals surface area (Å²) >= 11 is 2.34. The smallest absolute Gasteiger partial charge is 0.0204 e. The van der Waals surface area contributed by atoms with Crippen LogP contribution < -0.4 is 5.32 Å². The molecule has 2 heteroatoms. The predicted molar refractivity (Wildman–Crippen MR) is 62.8 cm³/mol. The van der Waals surface area contributed by atoms with E-state index in [2.05, 4.69) is 17.1 Å². The fraction of sp³-hybridized carbons (Fsp3) is 1.00. The molecule has 4 atom stereocenters. The van der Waals surface area contributed by atoms with Crippen molar-refractivity contribution < 1.29 is 0 Å². The maximum absolute atomic E-state index is 3.94. The first-order valence-electron chi connectivity index (χ1n) is 6.35. The molecule has 80 valence electrons. The standard InChI is InChI=1S/C12H21NS/c1-3-7-11-9(5-1)13-10-6-2-4-8-12(10)14-11/h9-13H,1-8H2. The van der Waals surface area contributed by atoms with Crippen molar-refractivity contribution in [3.05, 3.63) is 0 Å². The van der Waals surface area contributed by atoms with Crippen molar-refractivity contribution in [2.45, 2.75) is 74.0 Å². The van der Waals surface area contributed by atoms with E-state index in [0.717, 1.165) is 22.6 Å². The minimum atomic E-state index is 0.869. The highest BCUT2D eigenvalue weighted by Gasteiger charge is 2.38. The van der Waals surface area contributed by atoms with Gasteiger partial charge in [-0.15, -0.1) is 0 Å². The van der Waals surface area contributed by atoms with Crippen LogP contribution in [0.15, 0.2) is 0 Å². The molecule has 1 N–H and O–H groups in total. The second-order valence-electron chi connectivity index (χ2n) is 5.16. The lowest BCUT2D eigenvalue weighted by Gasteiger charge is -2.46. The number of thioether (sulfide) groups is 1. The van der Waals surface area contributed by atoms with Crippen molar-refractivity contribution in [1.29, 1.82) is 0 Å². The monoisotopic (exact) mass is 211 g/mol. The first-order valence-corrected chi connectivity index (χ1v) is 7.29. The summed E-state index contributed by atoms with van der Waals surface area (Å²) in [6.45, 7) is 0. The number of fused-ring (bicyclic) bond motifs is 2. The molecule has 0 amide bonds. The summed E-state index contributed by atoms with van der Waals surface area (Å²) in [6, 6.07) is 1.74. The molecule has 0 spiro atoms. The summed E-state index contributed by atoms with van der Waals surface area (Å²) in [6.07, 6.45) is 11.7. The SMILES string of the molecule is C1CCC2SC3CCCCC3NC2C1. The van der Waals surface area contributed by atoms with E-state index in [1.807, 2.05) is 0 Å². The first kappa shape index (κ1) is 9.53. The fourth-order valence-electron chi connectivity index (χ4n) is 3.40. The summed E-state index contributed by atoms with van der Waals surface area (Å²) in [5, 5.41) is 5.86. The second-order valence-corrected chi connectivity index (χ2v) is 6.64. The topological polar surface area (TPSA) is 12.0 Å². The molecule has 3 rings (SSSR count). The molecule has 0 bridgehead atoms. The minimum Gasteiger partial charge on any atom is -0.309 e. The third kappa shape index (κ3) is 1.71. The van der Waals surface area contributed by atoms with Gasteiger partial charge in [-0.25, -0.2) is 0 Å². The van der Waals surface area contributed by atoms with E-state index in [9.17, 15) is 0 Å². The highest BCUT2D eigenvalue weighted by molar-refractivity contribution is 8.00. The van der Waals surface area contributed by atoms with Crippen molar-refractivity contribution in [1.82, 2.24) is 5.32 Å². The lowest BCUT2D eigenvalue weighted by molar-refractivity contribution is 0.284. The van der Waals surface area contributed by atoms with Crippen molar-refractivity contribution in [2.24, 2.45) is 0 Å². The van der Waals surface area contributed by atoms with Crippen molar-refractivity contribution in [2.75, 3.05) is 0 Å². The largest absolute Gasteiger partial charge is 0.309 e. The molecule has 4 unspecified atom stereocenters. The maximum Gasteiger partial charge on any atom is 0.0204 e. The summed E-state index contributed by atoms with van der Waals surface area (Å²) in [7, 11) is 0. The van der Waals surface area contributed by atoms with E-state index >= 15 is 0 Å². The summed E-state index contributed by atoms with van der Waals surface area (Å²) in [4.78, 5) is 0. The zero-order valence-electron chi connectivity index (χ0n) is 8.87. The molecule has 1 aliphatic heterocycles. The lowest BCUT2D eigenvalue weighted by atomic mass is 9.89. The van der Waals surface area contributed by atoms with Gasteiger partial charge in [0.2, 0.25) is 0 Å². The Morgan fingerprint density at radius 3 is 1.79 bits per heavy atom. The number of hydrogen-bond acceptors (Lipinski definition) is 2. The molecule has 0 radical (unpaired) electrons. The quantitative estimate of drug-likeness (QED) is 0.661. The Bertz CT molecular complexity index is 164. The minimum absolute atomic E-state index is 0.869. The van der Waals surface area contributed by atoms with Crippen LogP contribution >= 0.6 is 11.8 Å². The molecule has 0 aromatic rings.